The van der Waals surface area contributed by atoms with Gasteiger partial charge < -0.3 is 19.5 Å². The van der Waals surface area contributed by atoms with Gasteiger partial charge in [0.1, 0.15) is 17.6 Å². The summed E-state index contributed by atoms with van der Waals surface area (Å²) >= 11 is 0. The maximum Gasteiger partial charge on any atom is 0.295 e. The van der Waals surface area contributed by atoms with Crippen molar-refractivity contribution >= 4 is 28.2 Å². The normalized spacial score (nSPS) is 21.5. The monoisotopic (exact) mass is 443 g/mol. The molecule has 2 aliphatic heterocycles. The summed E-state index contributed by atoms with van der Waals surface area (Å²) in [4.78, 5) is 27.8. The SMILES string of the molecule is COCCN1C(=O)C(=O)/C(=C(/O)c2ccc3c(c2)CC(C)O3)C1c1cccc2ccccc12. The van der Waals surface area contributed by atoms with E-state index < -0.39 is 17.7 Å². The van der Waals surface area contributed by atoms with Gasteiger partial charge in [-0.15, -0.1) is 0 Å². The lowest BCUT2D eigenvalue weighted by atomic mass is 9.91. The zero-order chi connectivity index (χ0) is 23.1. The average molecular weight is 443 g/mol. The van der Waals surface area contributed by atoms with E-state index in [2.05, 4.69) is 0 Å². The molecule has 0 spiro atoms. The maximum atomic E-state index is 13.2. The van der Waals surface area contributed by atoms with Crippen molar-refractivity contribution in [1.29, 1.82) is 0 Å². The van der Waals surface area contributed by atoms with Gasteiger partial charge in [-0.1, -0.05) is 42.5 Å². The molecule has 0 bridgehead atoms. The molecular formula is C27H25NO5. The molecule has 0 radical (unpaired) electrons. The standard InChI is InChI=1S/C27H25NO5/c1-16-14-19-15-18(10-11-22(19)33-16)25(29)23-24(28(12-13-32-2)27(31)26(23)30)21-9-5-7-17-6-3-4-8-20(17)21/h3-11,15-16,24,29H,12-14H2,1-2H3/b25-23+. The number of rotatable bonds is 5. The van der Waals surface area contributed by atoms with Crippen molar-refractivity contribution in [2.24, 2.45) is 0 Å². The molecule has 0 saturated carbocycles. The molecule has 2 heterocycles. The molecule has 6 heteroatoms. The molecule has 1 N–H and O–H groups in total. The zero-order valence-corrected chi connectivity index (χ0v) is 18.6. The summed E-state index contributed by atoms with van der Waals surface area (Å²) < 4.78 is 11.0. The summed E-state index contributed by atoms with van der Waals surface area (Å²) in [5.74, 6) is -0.713. The van der Waals surface area contributed by atoms with Crippen LogP contribution in [0.2, 0.25) is 0 Å². The van der Waals surface area contributed by atoms with Gasteiger partial charge in [0.25, 0.3) is 11.7 Å². The molecule has 5 rings (SSSR count). The van der Waals surface area contributed by atoms with Gasteiger partial charge in [0.2, 0.25) is 0 Å². The number of fused-ring (bicyclic) bond motifs is 2. The number of hydrogen-bond donors (Lipinski definition) is 1. The summed E-state index contributed by atoms with van der Waals surface area (Å²) in [7, 11) is 1.55. The molecule has 1 amide bonds. The van der Waals surface area contributed by atoms with Crippen LogP contribution in [0.1, 0.15) is 29.7 Å². The fraction of sp³-hybridized carbons (Fsp3) is 0.259. The van der Waals surface area contributed by atoms with Crippen molar-refractivity contribution in [3.63, 3.8) is 0 Å². The van der Waals surface area contributed by atoms with E-state index in [1.807, 2.05) is 61.5 Å². The van der Waals surface area contributed by atoms with Crippen LogP contribution in [-0.4, -0.2) is 48.1 Å². The van der Waals surface area contributed by atoms with Gasteiger partial charge in [0.15, 0.2) is 0 Å². The number of benzene rings is 3. The summed E-state index contributed by atoms with van der Waals surface area (Å²) in [5.41, 5.74) is 2.37. The Hall–Kier alpha value is -3.64. The Labute approximate surface area is 192 Å². The fourth-order valence-electron chi connectivity index (χ4n) is 4.84. The number of aliphatic hydroxyl groups is 1. The van der Waals surface area contributed by atoms with Gasteiger partial charge in [-0.25, -0.2) is 0 Å². The van der Waals surface area contributed by atoms with E-state index in [9.17, 15) is 14.7 Å². The Kier molecular flexibility index (Phi) is 5.38. The smallest absolute Gasteiger partial charge is 0.295 e. The largest absolute Gasteiger partial charge is 0.507 e. The number of ketones is 1. The van der Waals surface area contributed by atoms with Crippen molar-refractivity contribution in [3.05, 3.63) is 82.9 Å². The maximum absolute atomic E-state index is 13.2. The molecular weight excluding hydrogens is 418 g/mol. The highest BCUT2D eigenvalue weighted by Crippen LogP contribution is 2.42. The second kappa shape index (κ2) is 8.37. The lowest BCUT2D eigenvalue weighted by Gasteiger charge is -2.26. The number of Topliss-reactive ketones (excluding diaryl/α,β-unsaturated/α-hetero) is 1. The first-order valence-electron chi connectivity index (χ1n) is 11.0. The van der Waals surface area contributed by atoms with Crippen molar-refractivity contribution in [2.75, 3.05) is 20.3 Å². The number of aliphatic hydroxyl groups excluding tert-OH is 1. The first-order valence-corrected chi connectivity index (χ1v) is 11.0. The van der Waals surface area contributed by atoms with E-state index in [1.165, 1.54) is 4.90 Å². The van der Waals surface area contributed by atoms with E-state index in [4.69, 9.17) is 9.47 Å². The van der Waals surface area contributed by atoms with E-state index in [0.29, 0.717) is 5.56 Å². The molecule has 2 atom stereocenters. The van der Waals surface area contributed by atoms with Crippen LogP contribution in [-0.2, 0) is 20.7 Å². The van der Waals surface area contributed by atoms with Crippen LogP contribution in [0.3, 0.4) is 0 Å². The Morgan fingerprint density at radius 1 is 1.12 bits per heavy atom. The van der Waals surface area contributed by atoms with Crippen LogP contribution in [0.15, 0.2) is 66.2 Å². The summed E-state index contributed by atoms with van der Waals surface area (Å²) in [5, 5.41) is 13.3. The molecule has 168 valence electrons. The Bertz CT molecular complexity index is 1290. The summed E-state index contributed by atoms with van der Waals surface area (Å²) in [6.45, 7) is 2.51. The molecule has 1 saturated heterocycles. The third-order valence-corrected chi connectivity index (χ3v) is 6.36. The quantitative estimate of drug-likeness (QED) is 0.363. The highest BCUT2D eigenvalue weighted by Gasteiger charge is 2.46. The first kappa shape index (κ1) is 21.2. The molecule has 0 aliphatic carbocycles. The Morgan fingerprint density at radius 3 is 2.73 bits per heavy atom. The topological polar surface area (TPSA) is 76.1 Å². The molecule has 0 aromatic heterocycles. The summed E-state index contributed by atoms with van der Waals surface area (Å²) in [6.07, 6.45) is 0.790. The van der Waals surface area contributed by atoms with Gasteiger partial charge >= 0.3 is 0 Å². The first-order chi connectivity index (χ1) is 16.0. The number of likely N-dealkylation sites (tertiary alicyclic amines) is 1. The fourth-order valence-corrected chi connectivity index (χ4v) is 4.84. The average Bonchev–Trinajstić information content (AvgIpc) is 3.32. The number of ether oxygens (including phenoxy) is 2. The Balaban J connectivity index is 1.69. The van der Waals surface area contributed by atoms with E-state index in [0.717, 1.165) is 34.1 Å². The van der Waals surface area contributed by atoms with Crippen molar-refractivity contribution in [1.82, 2.24) is 4.90 Å². The van der Waals surface area contributed by atoms with Crippen LogP contribution >= 0.6 is 0 Å². The molecule has 2 unspecified atom stereocenters. The van der Waals surface area contributed by atoms with Gasteiger partial charge in [-0.3, -0.25) is 9.59 Å². The van der Waals surface area contributed by atoms with Crippen molar-refractivity contribution in [3.8, 4) is 5.75 Å². The molecule has 1 fully saturated rings. The number of nitrogens with zero attached hydrogens (tertiary/aromatic N) is 1. The lowest BCUT2D eigenvalue weighted by molar-refractivity contribution is -0.140. The third kappa shape index (κ3) is 3.56. The molecule has 2 aliphatic rings. The molecule has 33 heavy (non-hydrogen) atoms. The minimum atomic E-state index is -0.713. The van der Waals surface area contributed by atoms with Gasteiger partial charge in [-0.2, -0.15) is 0 Å². The number of amides is 1. The van der Waals surface area contributed by atoms with Crippen molar-refractivity contribution < 1.29 is 24.2 Å². The number of carbonyl (C=O) groups is 2. The van der Waals surface area contributed by atoms with Crippen LogP contribution < -0.4 is 4.74 Å². The highest BCUT2D eigenvalue weighted by molar-refractivity contribution is 6.46. The third-order valence-electron chi connectivity index (χ3n) is 6.36. The van der Waals surface area contributed by atoms with Crippen LogP contribution in [0.5, 0.6) is 5.75 Å². The Morgan fingerprint density at radius 2 is 1.91 bits per heavy atom. The molecule has 3 aromatic carbocycles. The summed E-state index contributed by atoms with van der Waals surface area (Å²) in [6, 6.07) is 18.3. The number of methoxy groups -OCH3 is 1. The van der Waals surface area contributed by atoms with Gasteiger partial charge in [0, 0.05) is 25.6 Å². The van der Waals surface area contributed by atoms with Crippen LogP contribution in [0.4, 0.5) is 0 Å². The van der Waals surface area contributed by atoms with Crippen LogP contribution in [0.25, 0.3) is 16.5 Å². The minimum absolute atomic E-state index is 0.0627. The van der Waals surface area contributed by atoms with Gasteiger partial charge in [-0.05, 0) is 47.0 Å². The predicted molar refractivity (Wildman–Crippen MR) is 125 cm³/mol. The minimum Gasteiger partial charge on any atom is -0.507 e. The van der Waals surface area contributed by atoms with Gasteiger partial charge in [0.05, 0.1) is 18.2 Å². The van der Waals surface area contributed by atoms with E-state index >= 15 is 0 Å². The lowest BCUT2D eigenvalue weighted by Crippen LogP contribution is -2.32. The molecule has 3 aromatic rings. The zero-order valence-electron chi connectivity index (χ0n) is 18.6. The predicted octanol–water partition coefficient (Wildman–Crippen LogP) is 4.23. The van der Waals surface area contributed by atoms with Crippen LogP contribution in [0, 0.1) is 0 Å². The number of hydrogen-bond acceptors (Lipinski definition) is 5. The number of carbonyl (C=O) groups excluding carboxylic acids is 2. The van der Waals surface area contributed by atoms with E-state index in [1.54, 1.807) is 13.2 Å². The molecule has 6 nitrogen and oxygen atoms in total. The van der Waals surface area contributed by atoms with E-state index in [-0.39, 0.29) is 30.6 Å². The second-order valence-electron chi connectivity index (χ2n) is 8.51. The van der Waals surface area contributed by atoms with Crippen molar-refractivity contribution in [2.45, 2.75) is 25.5 Å². The highest BCUT2D eigenvalue weighted by atomic mass is 16.5. The second-order valence-corrected chi connectivity index (χ2v) is 8.51.